The van der Waals surface area contributed by atoms with Crippen LogP contribution in [0, 0.1) is 6.92 Å². The Kier molecular flexibility index (Phi) is 5.98. The van der Waals surface area contributed by atoms with E-state index >= 15 is 0 Å². The Hall–Kier alpha value is -3.43. The van der Waals surface area contributed by atoms with Gasteiger partial charge < -0.3 is 10.0 Å². The van der Waals surface area contributed by atoms with E-state index in [0.717, 1.165) is 10.9 Å². The molecule has 3 aromatic carbocycles. The van der Waals surface area contributed by atoms with E-state index in [0.29, 0.717) is 33.6 Å². The Morgan fingerprint density at radius 3 is 2.51 bits per heavy atom. The summed E-state index contributed by atoms with van der Waals surface area (Å²) in [5.41, 5.74) is 2.33. The smallest absolute Gasteiger partial charge is 0.254 e. The molecule has 4 N–H and O–H groups in total. The predicted octanol–water partition coefficient (Wildman–Crippen LogP) is 5.11. The first-order valence-corrected chi connectivity index (χ1v) is 12.8. The number of anilines is 1. The summed E-state index contributed by atoms with van der Waals surface area (Å²) in [6, 6.07) is 23.7. The molecule has 1 aliphatic rings. The van der Waals surface area contributed by atoms with Crippen molar-refractivity contribution in [1.29, 1.82) is 0 Å². The summed E-state index contributed by atoms with van der Waals surface area (Å²) in [6.45, 7) is 2.35. The van der Waals surface area contributed by atoms with E-state index in [2.05, 4.69) is 9.71 Å². The van der Waals surface area contributed by atoms with Crippen molar-refractivity contribution in [3.8, 4) is 0 Å². The van der Waals surface area contributed by atoms with Crippen LogP contribution >= 0.6 is 10.8 Å². The summed E-state index contributed by atoms with van der Waals surface area (Å²) in [7, 11) is -3.39. The maximum Gasteiger partial charge on any atom is 0.254 e. The first-order chi connectivity index (χ1) is 16.7. The molecule has 0 radical (unpaired) electrons. The lowest BCUT2D eigenvalue weighted by atomic mass is 9.86. The monoisotopic (exact) mass is 489 g/mol. The van der Waals surface area contributed by atoms with Gasteiger partial charge in [-0.2, -0.15) is 0 Å². The Morgan fingerprint density at radius 1 is 1.03 bits per heavy atom. The number of aliphatic hydroxyl groups is 1. The Balaban J connectivity index is 1.29. The highest BCUT2D eigenvalue weighted by Gasteiger charge is 2.43. The van der Waals surface area contributed by atoms with Crippen LogP contribution in [0.15, 0.2) is 90.0 Å². The van der Waals surface area contributed by atoms with Gasteiger partial charge in [-0.3, -0.25) is 23.6 Å². The number of carbonyl (C=O) groups excluding carboxylic acids is 1. The number of nitrogens with zero attached hydrogens (tertiary/aromatic N) is 2. The van der Waals surface area contributed by atoms with Gasteiger partial charge in [0.2, 0.25) is 0 Å². The number of aromatic nitrogens is 1. The van der Waals surface area contributed by atoms with Gasteiger partial charge in [0.1, 0.15) is 10.5 Å². The van der Waals surface area contributed by atoms with Crippen LogP contribution in [0.2, 0.25) is 0 Å². The third-order valence-electron chi connectivity index (χ3n) is 6.26. The van der Waals surface area contributed by atoms with Crippen LogP contribution in [-0.2, 0) is 6.42 Å². The second-order valence-electron chi connectivity index (χ2n) is 9.06. The molecule has 0 saturated carbocycles. The normalized spacial score (nSPS) is 15.5. The first kappa shape index (κ1) is 23.3. The van der Waals surface area contributed by atoms with Crippen LogP contribution in [-0.4, -0.2) is 48.7 Å². The van der Waals surface area contributed by atoms with E-state index < -0.39 is 16.4 Å². The fraction of sp³-hybridized carbons (Fsp3) is 0.185. The van der Waals surface area contributed by atoms with E-state index in [1.165, 1.54) is 0 Å². The number of aryl methyl sites for hydroxylation is 1. The van der Waals surface area contributed by atoms with Crippen LogP contribution in [0.4, 0.5) is 5.69 Å². The highest BCUT2D eigenvalue weighted by atomic mass is 32.3. The molecule has 1 amide bonds. The molecule has 1 aromatic heterocycles. The second-order valence-corrected chi connectivity index (χ2v) is 10.8. The number of β-amino-alcohol motifs (C(OH)–C–C–N with tert-alkyl or cyclic N) is 1. The first-order valence-electron chi connectivity index (χ1n) is 11.3. The fourth-order valence-electron chi connectivity index (χ4n) is 4.50. The number of hydrogen-bond acceptors (Lipinski definition) is 6. The number of para-hydroxylation sites is 1. The van der Waals surface area contributed by atoms with Crippen LogP contribution in [0.5, 0.6) is 0 Å². The molecule has 4 aromatic rings. The standard InChI is InChI=1S/C27H27N3O4S/c1-19-15-22(26(31)30-17-27(32,18-30)16-20-7-3-2-4-8-20)12-13-23(19)29-35(33,34)24-11-5-9-21-10-6-14-28-25(21)24/h2-15,29,32-34H,16-18H2,1H3. The summed E-state index contributed by atoms with van der Waals surface area (Å²) in [6.07, 6.45) is 2.12. The van der Waals surface area contributed by atoms with Crippen molar-refractivity contribution in [1.82, 2.24) is 9.88 Å². The van der Waals surface area contributed by atoms with E-state index in [4.69, 9.17) is 0 Å². The number of carbonyl (C=O) groups is 1. The molecule has 0 bridgehead atoms. The molecule has 1 saturated heterocycles. The molecule has 0 spiro atoms. The summed E-state index contributed by atoms with van der Waals surface area (Å²) >= 11 is 0. The van der Waals surface area contributed by atoms with Gasteiger partial charge in [0.05, 0.1) is 24.3 Å². The SMILES string of the molecule is Cc1cc(C(=O)N2CC(O)(Cc3ccccc3)C2)ccc1NS(O)(O)c1cccc2cccnc12. The van der Waals surface area contributed by atoms with E-state index in [1.807, 2.05) is 42.5 Å². The number of pyridine rings is 1. The Labute approximate surface area is 205 Å². The summed E-state index contributed by atoms with van der Waals surface area (Å²) in [4.78, 5) is 19.2. The molecular formula is C27H27N3O4S. The van der Waals surface area contributed by atoms with Gasteiger partial charge in [0.15, 0.2) is 0 Å². The summed E-state index contributed by atoms with van der Waals surface area (Å²) in [5.74, 6) is -0.165. The zero-order chi connectivity index (χ0) is 24.6. The molecule has 180 valence electrons. The maximum absolute atomic E-state index is 13.0. The number of rotatable bonds is 6. The third kappa shape index (κ3) is 4.74. The Morgan fingerprint density at radius 2 is 1.77 bits per heavy atom. The average molecular weight is 490 g/mol. The minimum Gasteiger partial charge on any atom is -0.386 e. The van der Waals surface area contributed by atoms with Gasteiger partial charge in [0.25, 0.3) is 5.91 Å². The molecule has 1 aliphatic heterocycles. The second kappa shape index (κ2) is 8.98. The summed E-state index contributed by atoms with van der Waals surface area (Å²) in [5, 5.41) is 11.6. The van der Waals surface area contributed by atoms with Crippen molar-refractivity contribution in [3.63, 3.8) is 0 Å². The average Bonchev–Trinajstić information content (AvgIpc) is 2.83. The van der Waals surface area contributed by atoms with Crippen molar-refractivity contribution in [2.24, 2.45) is 0 Å². The van der Waals surface area contributed by atoms with Crippen molar-refractivity contribution in [3.05, 3.63) is 102 Å². The zero-order valence-electron chi connectivity index (χ0n) is 19.3. The number of likely N-dealkylation sites (tertiary alicyclic amines) is 1. The van der Waals surface area contributed by atoms with Crippen LogP contribution in [0.3, 0.4) is 0 Å². The lowest BCUT2D eigenvalue weighted by Crippen LogP contribution is -2.64. The van der Waals surface area contributed by atoms with E-state index in [1.54, 1.807) is 54.4 Å². The molecule has 2 heterocycles. The molecule has 8 heteroatoms. The lowest BCUT2D eigenvalue weighted by molar-refractivity contribution is -0.0799. The predicted molar refractivity (Wildman–Crippen MR) is 139 cm³/mol. The number of nitrogens with one attached hydrogen (secondary N) is 1. The van der Waals surface area contributed by atoms with Gasteiger partial charge in [-0.05, 0) is 48.4 Å². The van der Waals surface area contributed by atoms with Gasteiger partial charge >= 0.3 is 0 Å². The highest BCUT2D eigenvalue weighted by Crippen LogP contribution is 2.50. The van der Waals surface area contributed by atoms with Crippen molar-refractivity contribution in [2.45, 2.75) is 23.8 Å². The molecule has 0 aliphatic carbocycles. The highest BCUT2D eigenvalue weighted by molar-refractivity contribution is 8.25. The molecule has 1 fully saturated rings. The molecule has 7 nitrogen and oxygen atoms in total. The van der Waals surface area contributed by atoms with E-state index in [9.17, 15) is 19.0 Å². The van der Waals surface area contributed by atoms with Crippen LogP contribution < -0.4 is 4.72 Å². The minimum atomic E-state index is -3.39. The Bertz CT molecular complexity index is 1380. The fourth-order valence-corrected chi connectivity index (χ4v) is 5.86. The lowest BCUT2D eigenvalue weighted by Gasteiger charge is -2.46. The van der Waals surface area contributed by atoms with Crippen molar-refractivity contribution in [2.75, 3.05) is 17.8 Å². The quantitative estimate of drug-likeness (QED) is 0.300. The van der Waals surface area contributed by atoms with Crippen LogP contribution in [0.1, 0.15) is 21.5 Å². The maximum atomic E-state index is 13.0. The van der Waals surface area contributed by atoms with Gasteiger partial charge in [-0.1, -0.05) is 59.3 Å². The van der Waals surface area contributed by atoms with Crippen molar-refractivity contribution < 1.29 is 19.0 Å². The van der Waals surface area contributed by atoms with Crippen LogP contribution in [0.25, 0.3) is 10.9 Å². The van der Waals surface area contributed by atoms with Gasteiger partial charge in [-0.25, -0.2) is 0 Å². The van der Waals surface area contributed by atoms with Gasteiger partial charge in [-0.15, -0.1) is 0 Å². The molecular weight excluding hydrogens is 462 g/mol. The number of fused-ring (bicyclic) bond motifs is 1. The molecule has 35 heavy (non-hydrogen) atoms. The topological polar surface area (TPSA) is 106 Å². The third-order valence-corrected chi connectivity index (χ3v) is 7.71. The number of amides is 1. The minimum absolute atomic E-state index is 0.165. The molecule has 5 rings (SSSR count). The van der Waals surface area contributed by atoms with E-state index in [-0.39, 0.29) is 19.0 Å². The number of benzene rings is 3. The molecule has 0 unspecified atom stereocenters. The summed E-state index contributed by atoms with van der Waals surface area (Å²) < 4.78 is 24.7. The van der Waals surface area contributed by atoms with Crippen molar-refractivity contribution >= 4 is 33.3 Å². The van der Waals surface area contributed by atoms with Gasteiger partial charge in [0, 0.05) is 23.6 Å². The molecule has 0 atom stereocenters. The largest absolute Gasteiger partial charge is 0.386 e. The number of hydrogen-bond donors (Lipinski definition) is 4. The zero-order valence-corrected chi connectivity index (χ0v) is 20.1.